The molecule has 2 aliphatic rings. The van der Waals surface area contributed by atoms with Gasteiger partial charge in [-0.1, -0.05) is 12.1 Å². The molecule has 0 bridgehead atoms. The average Bonchev–Trinajstić information content (AvgIpc) is 3.56. The van der Waals surface area contributed by atoms with Gasteiger partial charge in [0.05, 0.1) is 16.9 Å². The van der Waals surface area contributed by atoms with Gasteiger partial charge in [-0.3, -0.25) is 4.79 Å². The van der Waals surface area contributed by atoms with Crippen LogP contribution in [0.25, 0.3) is 5.69 Å². The third kappa shape index (κ3) is 7.03. The molecule has 0 saturated carbocycles. The smallest absolute Gasteiger partial charge is 0.484 e. The number of aromatic nitrogens is 2. The molecule has 246 valence electrons. The molecule has 1 amide bonds. The summed E-state index contributed by atoms with van der Waals surface area (Å²) in [7, 11) is 0. The maximum absolute atomic E-state index is 14.2. The maximum atomic E-state index is 14.2. The Morgan fingerprint density at radius 1 is 1.02 bits per heavy atom. The molecular formula is C34H31F4N3O6. The number of hydrogen-bond donors (Lipinski definition) is 1. The molecule has 1 aliphatic heterocycles. The third-order valence-corrected chi connectivity index (χ3v) is 7.50. The molecule has 13 heteroatoms. The van der Waals surface area contributed by atoms with Crippen LogP contribution < -0.4 is 19.5 Å². The van der Waals surface area contributed by atoms with Crippen molar-refractivity contribution in [3.05, 3.63) is 100 Å². The first kappa shape index (κ1) is 31.9. The van der Waals surface area contributed by atoms with E-state index in [-0.39, 0.29) is 29.3 Å². The number of halogens is 4. The highest BCUT2D eigenvalue weighted by atomic mass is 19.3. The Morgan fingerprint density at radius 2 is 1.77 bits per heavy atom. The molecule has 1 aliphatic carbocycles. The lowest BCUT2D eigenvalue weighted by Crippen LogP contribution is -2.26. The second-order valence-corrected chi connectivity index (χ2v) is 12.2. The summed E-state index contributed by atoms with van der Waals surface area (Å²) in [5.41, 5.74) is 1.29. The average molecular weight is 654 g/mol. The van der Waals surface area contributed by atoms with Crippen molar-refractivity contribution in [1.82, 2.24) is 15.1 Å². The van der Waals surface area contributed by atoms with Gasteiger partial charge in [0.15, 0.2) is 11.5 Å². The van der Waals surface area contributed by atoms with Crippen LogP contribution in [-0.4, -0.2) is 33.6 Å². The van der Waals surface area contributed by atoms with Crippen molar-refractivity contribution >= 4 is 11.9 Å². The summed E-state index contributed by atoms with van der Waals surface area (Å²) in [5, 5.41) is 7.00. The van der Waals surface area contributed by atoms with Crippen molar-refractivity contribution in [1.29, 1.82) is 0 Å². The normalized spacial score (nSPS) is 16.5. The molecule has 9 nitrogen and oxygen atoms in total. The number of benzene rings is 3. The molecule has 0 saturated heterocycles. The van der Waals surface area contributed by atoms with Crippen molar-refractivity contribution in [2.24, 2.45) is 0 Å². The van der Waals surface area contributed by atoms with Gasteiger partial charge in [-0.05, 0) is 100 Å². The number of rotatable bonds is 8. The first-order valence-electron chi connectivity index (χ1n) is 14.9. The van der Waals surface area contributed by atoms with Gasteiger partial charge in [0.1, 0.15) is 23.1 Å². The van der Waals surface area contributed by atoms with Crippen molar-refractivity contribution in [2.45, 2.75) is 71.0 Å². The molecule has 1 unspecified atom stereocenters. The largest absolute Gasteiger partial charge is 0.586 e. The van der Waals surface area contributed by atoms with E-state index < -0.39 is 36.3 Å². The lowest BCUT2D eigenvalue weighted by atomic mass is 9.93. The zero-order valence-electron chi connectivity index (χ0n) is 25.7. The third-order valence-electron chi connectivity index (χ3n) is 7.50. The van der Waals surface area contributed by atoms with Crippen LogP contribution in [0.1, 0.15) is 89.4 Å². The first-order chi connectivity index (χ1) is 22.3. The van der Waals surface area contributed by atoms with Gasteiger partial charge in [-0.25, -0.2) is 18.3 Å². The number of nitrogens with one attached hydrogen (secondary N) is 1. The van der Waals surface area contributed by atoms with Gasteiger partial charge < -0.3 is 24.3 Å². The Balaban J connectivity index is 1.22. The quantitative estimate of drug-likeness (QED) is 0.156. The van der Waals surface area contributed by atoms with Crippen molar-refractivity contribution in [2.75, 3.05) is 0 Å². The molecule has 4 aromatic rings. The van der Waals surface area contributed by atoms with E-state index in [1.165, 1.54) is 28.9 Å². The molecule has 6 rings (SSSR count). The van der Waals surface area contributed by atoms with Gasteiger partial charge in [-0.15, -0.1) is 8.78 Å². The van der Waals surface area contributed by atoms with Crippen LogP contribution in [-0.2, 0) is 17.7 Å². The van der Waals surface area contributed by atoms with E-state index in [4.69, 9.17) is 9.47 Å². The summed E-state index contributed by atoms with van der Waals surface area (Å²) in [6.45, 7) is 5.32. The van der Waals surface area contributed by atoms with Crippen LogP contribution in [0.2, 0.25) is 0 Å². The lowest BCUT2D eigenvalue weighted by Gasteiger charge is -2.26. The van der Waals surface area contributed by atoms with Gasteiger partial charge >= 0.3 is 12.3 Å². The maximum Gasteiger partial charge on any atom is 0.586 e. The Morgan fingerprint density at radius 3 is 2.49 bits per heavy atom. The molecule has 1 aromatic heterocycles. The lowest BCUT2D eigenvalue weighted by molar-refractivity contribution is -0.286. The molecule has 0 fully saturated rings. The fraction of sp³-hybridized carbons (Fsp3) is 0.324. The van der Waals surface area contributed by atoms with Crippen molar-refractivity contribution in [3.8, 4) is 22.9 Å². The summed E-state index contributed by atoms with van der Waals surface area (Å²) >= 11 is 0. The molecule has 0 spiro atoms. The minimum Gasteiger partial charge on any atom is -0.484 e. The Labute approximate surface area is 267 Å². The Kier molecular flexibility index (Phi) is 8.33. The van der Waals surface area contributed by atoms with Crippen LogP contribution in [0.3, 0.4) is 0 Å². The highest BCUT2D eigenvalue weighted by molar-refractivity contribution is 5.94. The number of hydrogen-bond acceptors (Lipinski definition) is 7. The highest BCUT2D eigenvalue weighted by Gasteiger charge is 2.43. The summed E-state index contributed by atoms with van der Waals surface area (Å²) in [6, 6.07) is 16.9. The SMILES string of the molecule is CC(C)(C)OC(=O)c1ccc(OC2CCCc3c(C(F)F)nn(-c4cccc(C(=O)NCc5ccc6c(c5)OC(F)(F)O6)c4)c32)cc1. The van der Waals surface area contributed by atoms with Crippen LogP contribution >= 0.6 is 0 Å². The van der Waals surface area contributed by atoms with E-state index in [2.05, 4.69) is 19.9 Å². The van der Waals surface area contributed by atoms with Gasteiger partial charge in [-0.2, -0.15) is 5.10 Å². The minimum atomic E-state index is -3.75. The molecule has 2 heterocycles. The Bertz CT molecular complexity index is 1820. The number of carbonyl (C=O) groups is 2. The van der Waals surface area contributed by atoms with Crippen molar-refractivity contribution < 1.29 is 46.1 Å². The topological polar surface area (TPSA) is 101 Å². The fourth-order valence-corrected chi connectivity index (χ4v) is 5.49. The first-order valence-corrected chi connectivity index (χ1v) is 14.9. The molecule has 1 atom stereocenters. The summed E-state index contributed by atoms with van der Waals surface area (Å²) < 4.78 is 77.1. The van der Waals surface area contributed by atoms with Crippen LogP contribution in [0.15, 0.2) is 66.7 Å². The number of nitrogens with zero attached hydrogens (tertiary/aromatic N) is 2. The predicted octanol–water partition coefficient (Wildman–Crippen LogP) is 7.47. The van der Waals surface area contributed by atoms with Crippen LogP contribution in [0, 0.1) is 0 Å². The molecule has 1 N–H and O–H groups in total. The minimum absolute atomic E-state index is 0.000598. The number of amides is 1. The number of alkyl halides is 4. The summed E-state index contributed by atoms with van der Waals surface area (Å²) in [6.07, 6.45) is -5.71. The number of ether oxygens (including phenoxy) is 4. The van der Waals surface area contributed by atoms with E-state index >= 15 is 0 Å². The van der Waals surface area contributed by atoms with Gasteiger partial charge in [0.2, 0.25) is 0 Å². The molecule has 0 radical (unpaired) electrons. The van der Waals surface area contributed by atoms with E-state index in [0.29, 0.717) is 53.1 Å². The number of fused-ring (bicyclic) bond motifs is 2. The zero-order valence-corrected chi connectivity index (χ0v) is 25.7. The fourth-order valence-electron chi connectivity index (χ4n) is 5.49. The molecule has 3 aromatic carbocycles. The van der Waals surface area contributed by atoms with E-state index in [1.54, 1.807) is 63.2 Å². The zero-order chi connectivity index (χ0) is 33.5. The monoisotopic (exact) mass is 653 g/mol. The number of carbonyl (C=O) groups excluding carboxylic acids is 2. The molecular weight excluding hydrogens is 622 g/mol. The van der Waals surface area contributed by atoms with E-state index in [1.807, 2.05) is 0 Å². The Hall–Kier alpha value is -5.07. The second kappa shape index (κ2) is 12.3. The highest BCUT2D eigenvalue weighted by Crippen LogP contribution is 2.42. The van der Waals surface area contributed by atoms with Gasteiger partial charge in [0.25, 0.3) is 12.3 Å². The summed E-state index contributed by atoms with van der Waals surface area (Å²) in [4.78, 5) is 25.5. The van der Waals surface area contributed by atoms with E-state index in [0.717, 1.165) is 0 Å². The van der Waals surface area contributed by atoms with E-state index in [9.17, 15) is 27.2 Å². The summed E-state index contributed by atoms with van der Waals surface area (Å²) in [5.74, 6) is -0.779. The van der Waals surface area contributed by atoms with Crippen LogP contribution in [0.5, 0.6) is 17.2 Å². The molecule has 47 heavy (non-hydrogen) atoms. The van der Waals surface area contributed by atoms with Gasteiger partial charge in [0, 0.05) is 17.7 Å². The van der Waals surface area contributed by atoms with Crippen molar-refractivity contribution in [3.63, 3.8) is 0 Å². The predicted molar refractivity (Wildman–Crippen MR) is 160 cm³/mol. The second-order valence-electron chi connectivity index (χ2n) is 12.2. The van der Waals surface area contributed by atoms with Crippen LogP contribution in [0.4, 0.5) is 17.6 Å². The standard InChI is InChI=1S/C34H31F4N3O6/c1-33(2,3)47-32(43)20-11-13-23(14-12-20)44-26-9-5-8-24-28(30(35)36)40-41(29(24)26)22-7-4-6-21(17-22)31(42)39-18-19-10-15-25-27(16-19)46-34(37,38)45-25/h4,6-7,10-17,26,30H,5,8-9,18H2,1-3H3,(H,39,42). The number of esters is 1.